The second-order valence-corrected chi connectivity index (χ2v) is 7.05. The Hall–Kier alpha value is -2.17. The van der Waals surface area contributed by atoms with Gasteiger partial charge in [-0.05, 0) is 36.3 Å². The van der Waals surface area contributed by atoms with Crippen molar-refractivity contribution in [3.05, 3.63) is 71.8 Å². The van der Waals surface area contributed by atoms with Crippen LogP contribution in [0.1, 0.15) is 42.3 Å². The lowest BCUT2D eigenvalue weighted by molar-refractivity contribution is -0.134. The lowest BCUT2D eigenvalue weighted by Gasteiger charge is -2.33. The van der Waals surface area contributed by atoms with Gasteiger partial charge in [0, 0.05) is 19.1 Å². The molecule has 0 saturated carbocycles. The third-order valence-electron chi connectivity index (χ3n) is 5.48. The van der Waals surface area contributed by atoms with Gasteiger partial charge in [-0.1, -0.05) is 60.7 Å². The second-order valence-electron chi connectivity index (χ2n) is 7.05. The molecule has 0 aliphatic carbocycles. The van der Waals surface area contributed by atoms with Crippen LogP contribution >= 0.6 is 0 Å². The van der Waals surface area contributed by atoms with Crippen LogP contribution in [0.3, 0.4) is 0 Å². The molecule has 0 spiro atoms. The number of hydrogen-bond donors (Lipinski definition) is 2. The fraction of sp³-hybridized carbons (Fsp3) is 0.381. The lowest BCUT2D eigenvalue weighted by Crippen LogP contribution is -2.48. The summed E-state index contributed by atoms with van der Waals surface area (Å²) in [7, 11) is 0. The molecule has 2 aromatic carbocycles. The molecule has 2 unspecified atom stereocenters. The summed E-state index contributed by atoms with van der Waals surface area (Å²) in [6.45, 7) is 1.71. The minimum absolute atomic E-state index is 0.126. The van der Waals surface area contributed by atoms with Crippen LogP contribution in [0.4, 0.5) is 0 Å². The van der Waals surface area contributed by atoms with E-state index in [0.717, 1.165) is 32.4 Å². The topological polar surface area (TPSA) is 44.4 Å². The van der Waals surface area contributed by atoms with E-state index in [0.29, 0.717) is 5.92 Å². The highest BCUT2D eigenvalue weighted by Gasteiger charge is 2.34. The minimum atomic E-state index is -0.126. The molecule has 4 nitrogen and oxygen atoms in total. The Kier molecular flexibility index (Phi) is 4.81. The molecule has 2 aliphatic heterocycles. The van der Waals surface area contributed by atoms with E-state index >= 15 is 0 Å². The average Bonchev–Trinajstić information content (AvgIpc) is 3.19. The molecule has 2 aromatic rings. The Balaban J connectivity index is 1.32. The van der Waals surface area contributed by atoms with Crippen molar-refractivity contribution in [2.75, 3.05) is 13.1 Å². The van der Waals surface area contributed by atoms with E-state index in [1.807, 2.05) is 23.1 Å². The third-order valence-corrected chi connectivity index (χ3v) is 5.48. The number of amides is 1. The molecule has 4 rings (SSSR count). The van der Waals surface area contributed by atoms with Gasteiger partial charge in [0.2, 0.25) is 5.91 Å². The monoisotopic (exact) mass is 335 g/mol. The molecule has 25 heavy (non-hydrogen) atoms. The van der Waals surface area contributed by atoms with Crippen molar-refractivity contribution in [3.8, 4) is 0 Å². The van der Waals surface area contributed by atoms with Crippen LogP contribution in [-0.4, -0.2) is 29.9 Å². The van der Waals surface area contributed by atoms with Crippen molar-refractivity contribution in [2.24, 2.45) is 0 Å². The number of carbonyl (C=O) groups excluding carboxylic acids is 1. The number of nitrogens with zero attached hydrogens (tertiary/aromatic N) is 1. The molecule has 4 heteroatoms. The smallest absolute Gasteiger partial charge is 0.241 e. The molecule has 2 heterocycles. The molecule has 2 saturated heterocycles. The van der Waals surface area contributed by atoms with Gasteiger partial charge in [0.15, 0.2) is 0 Å². The predicted molar refractivity (Wildman–Crippen MR) is 98.9 cm³/mol. The Morgan fingerprint density at radius 3 is 2.08 bits per heavy atom. The Labute approximate surface area is 149 Å². The molecule has 2 aliphatic rings. The first-order valence-corrected chi connectivity index (χ1v) is 9.21. The van der Waals surface area contributed by atoms with E-state index in [-0.39, 0.29) is 18.0 Å². The van der Waals surface area contributed by atoms with Crippen LogP contribution in [-0.2, 0) is 4.79 Å². The van der Waals surface area contributed by atoms with Crippen molar-refractivity contribution >= 4 is 5.91 Å². The van der Waals surface area contributed by atoms with E-state index < -0.39 is 0 Å². The van der Waals surface area contributed by atoms with Crippen LogP contribution in [0.2, 0.25) is 0 Å². The zero-order valence-corrected chi connectivity index (χ0v) is 14.4. The summed E-state index contributed by atoms with van der Waals surface area (Å²) in [6.07, 6.45) is 2.91. The van der Waals surface area contributed by atoms with Crippen LogP contribution in [0.25, 0.3) is 0 Å². The van der Waals surface area contributed by atoms with Crippen molar-refractivity contribution in [1.82, 2.24) is 15.8 Å². The SMILES string of the molecule is O=C(C1CC(c2ccccc2)NN1)N1CCC(c2ccccc2)CC1. The largest absolute Gasteiger partial charge is 0.341 e. The number of benzene rings is 2. The van der Waals surface area contributed by atoms with Crippen molar-refractivity contribution in [1.29, 1.82) is 0 Å². The van der Waals surface area contributed by atoms with E-state index in [1.165, 1.54) is 11.1 Å². The summed E-state index contributed by atoms with van der Waals surface area (Å²) < 4.78 is 0. The number of rotatable bonds is 3. The molecule has 0 aromatic heterocycles. The van der Waals surface area contributed by atoms with Gasteiger partial charge in [0.1, 0.15) is 6.04 Å². The molecular formula is C21H25N3O. The maximum Gasteiger partial charge on any atom is 0.241 e. The number of likely N-dealkylation sites (tertiary alicyclic amines) is 1. The first-order chi connectivity index (χ1) is 12.3. The molecule has 2 N–H and O–H groups in total. The highest BCUT2D eigenvalue weighted by Crippen LogP contribution is 2.29. The number of carbonyl (C=O) groups is 1. The van der Waals surface area contributed by atoms with Crippen LogP contribution in [0.5, 0.6) is 0 Å². The zero-order chi connectivity index (χ0) is 17.1. The first kappa shape index (κ1) is 16.3. The van der Waals surface area contributed by atoms with Crippen molar-refractivity contribution in [3.63, 3.8) is 0 Å². The van der Waals surface area contributed by atoms with E-state index in [1.54, 1.807) is 0 Å². The Bertz CT molecular complexity index is 696. The quantitative estimate of drug-likeness (QED) is 0.906. The highest BCUT2D eigenvalue weighted by molar-refractivity contribution is 5.82. The highest BCUT2D eigenvalue weighted by atomic mass is 16.2. The van der Waals surface area contributed by atoms with Crippen LogP contribution in [0, 0.1) is 0 Å². The van der Waals surface area contributed by atoms with Gasteiger partial charge in [0.25, 0.3) is 0 Å². The Morgan fingerprint density at radius 1 is 0.840 bits per heavy atom. The maximum atomic E-state index is 12.8. The number of hydrogen-bond acceptors (Lipinski definition) is 3. The fourth-order valence-corrected chi connectivity index (χ4v) is 4.00. The van der Waals surface area contributed by atoms with E-state index in [9.17, 15) is 4.79 Å². The Morgan fingerprint density at radius 2 is 1.44 bits per heavy atom. The van der Waals surface area contributed by atoms with Gasteiger partial charge in [0.05, 0.1) is 0 Å². The van der Waals surface area contributed by atoms with Gasteiger partial charge < -0.3 is 4.90 Å². The van der Waals surface area contributed by atoms with Crippen LogP contribution < -0.4 is 10.9 Å². The second kappa shape index (κ2) is 7.38. The number of nitrogens with one attached hydrogen (secondary N) is 2. The number of piperidine rings is 1. The van der Waals surface area contributed by atoms with E-state index in [4.69, 9.17) is 0 Å². The summed E-state index contributed by atoms with van der Waals surface area (Å²) in [4.78, 5) is 14.9. The first-order valence-electron chi connectivity index (χ1n) is 9.21. The molecular weight excluding hydrogens is 310 g/mol. The molecule has 130 valence electrons. The minimum Gasteiger partial charge on any atom is -0.341 e. The lowest BCUT2D eigenvalue weighted by atomic mass is 9.89. The summed E-state index contributed by atoms with van der Waals surface area (Å²) in [6, 6.07) is 21.1. The number of hydrazine groups is 1. The normalized spacial score (nSPS) is 24.4. The summed E-state index contributed by atoms with van der Waals surface area (Å²) in [5.74, 6) is 0.814. The molecule has 2 fully saturated rings. The van der Waals surface area contributed by atoms with Gasteiger partial charge in [-0.3, -0.25) is 4.79 Å². The zero-order valence-electron chi connectivity index (χ0n) is 14.4. The third kappa shape index (κ3) is 3.60. The van der Waals surface area contributed by atoms with Crippen molar-refractivity contribution < 1.29 is 4.79 Å². The van der Waals surface area contributed by atoms with Crippen molar-refractivity contribution in [2.45, 2.75) is 37.3 Å². The fourth-order valence-electron chi connectivity index (χ4n) is 4.00. The molecule has 0 bridgehead atoms. The maximum absolute atomic E-state index is 12.8. The summed E-state index contributed by atoms with van der Waals surface area (Å²) in [5, 5.41) is 0. The van der Waals surface area contributed by atoms with Gasteiger partial charge >= 0.3 is 0 Å². The molecule has 2 atom stereocenters. The van der Waals surface area contributed by atoms with Gasteiger partial charge in [-0.15, -0.1) is 0 Å². The molecule has 0 radical (unpaired) electrons. The van der Waals surface area contributed by atoms with Crippen LogP contribution in [0.15, 0.2) is 60.7 Å². The van der Waals surface area contributed by atoms with Gasteiger partial charge in [-0.2, -0.15) is 0 Å². The van der Waals surface area contributed by atoms with E-state index in [2.05, 4.69) is 53.3 Å². The van der Waals surface area contributed by atoms with Gasteiger partial charge in [-0.25, -0.2) is 10.9 Å². The predicted octanol–water partition coefficient (Wildman–Crippen LogP) is 3.00. The summed E-state index contributed by atoms with van der Waals surface area (Å²) in [5.41, 5.74) is 9.12. The standard InChI is InChI=1S/C21H25N3O/c25-21(20-15-19(22-23-20)18-9-5-2-6-10-18)24-13-11-17(12-14-24)16-7-3-1-4-8-16/h1-10,17,19-20,22-23H,11-15H2. The summed E-state index contributed by atoms with van der Waals surface area (Å²) >= 11 is 0. The molecule has 1 amide bonds. The average molecular weight is 335 g/mol.